The molecule has 0 aliphatic rings. The fourth-order valence-corrected chi connectivity index (χ4v) is 1.58. The molecule has 1 aromatic rings. The van der Waals surface area contributed by atoms with Crippen molar-refractivity contribution in [3.63, 3.8) is 0 Å². The SMILES string of the molecule is CCOC(=O)C(O)c1cc(C#N)cc(C)c1C. The summed E-state index contributed by atoms with van der Waals surface area (Å²) in [7, 11) is 0. The number of aryl methyl sites for hydroxylation is 1. The lowest BCUT2D eigenvalue weighted by molar-refractivity contribution is -0.153. The Morgan fingerprint density at radius 1 is 1.53 bits per heavy atom. The molecule has 0 bridgehead atoms. The van der Waals surface area contributed by atoms with Gasteiger partial charge in [0.1, 0.15) is 0 Å². The van der Waals surface area contributed by atoms with Gasteiger partial charge in [-0.1, -0.05) is 0 Å². The van der Waals surface area contributed by atoms with Crippen molar-refractivity contribution in [3.05, 3.63) is 34.4 Å². The van der Waals surface area contributed by atoms with Gasteiger partial charge in [-0.15, -0.1) is 0 Å². The predicted octanol–water partition coefficient (Wildman–Crippen LogP) is 1.77. The highest BCUT2D eigenvalue weighted by Gasteiger charge is 2.21. The zero-order valence-corrected chi connectivity index (χ0v) is 10.2. The first-order valence-corrected chi connectivity index (χ1v) is 5.37. The Labute approximate surface area is 100 Å². The number of aliphatic hydroxyl groups is 1. The third kappa shape index (κ3) is 2.83. The van der Waals surface area contributed by atoms with Crippen LogP contribution in [0, 0.1) is 25.2 Å². The van der Waals surface area contributed by atoms with Gasteiger partial charge >= 0.3 is 5.97 Å². The average molecular weight is 233 g/mol. The summed E-state index contributed by atoms with van der Waals surface area (Å²) in [5.74, 6) is -0.690. The Bertz CT molecular complexity index is 474. The second-order valence-corrected chi connectivity index (χ2v) is 3.77. The Balaban J connectivity index is 3.17. The second kappa shape index (κ2) is 5.46. The smallest absolute Gasteiger partial charge is 0.339 e. The highest BCUT2D eigenvalue weighted by molar-refractivity contribution is 5.77. The number of benzene rings is 1. The second-order valence-electron chi connectivity index (χ2n) is 3.77. The molecule has 1 rings (SSSR count). The van der Waals surface area contributed by atoms with Crippen LogP contribution >= 0.6 is 0 Å². The lowest BCUT2D eigenvalue weighted by atomic mass is 9.96. The molecule has 0 aliphatic carbocycles. The summed E-state index contributed by atoms with van der Waals surface area (Å²) in [6.45, 7) is 5.52. The molecular weight excluding hydrogens is 218 g/mol. The summed E-state index contributed by atoms with van der Waals surface area (Å²) >= 11 is 0. The summed E-state index contributed by atoms with van der Waals surface area (Å²) < 4.78 is 4.75. The van der Waals surface area contributed by atoms with E-state index in [1.165, 1.54) is 6.07 Å². The van der Waals surface area contributed by atoms with Gasteiger partial charge in [0, 0.05) is 0 Å². The van der Waals surface area contributed by atoms with Gasteiger partial charge in [0.25, 0.3) is 0 Å². The summed E-state index contributed by atoms with van der Waals surface area (Å²) in [5, 5.41) is 18.7. The van der Waals surface area contributed by atoms with Crippen LogP contribution < -0.4 is 0 Å². The van der Waals surface area contributed by atoms with Crippen LogP contribution in [0.15, 0.2) is 12.1 Å². The summed E-state index contributed by atoms with van der Waals surface area (Å²) in [6, 6.07) is 5.23. The quantitative estimate of drug-likeness (QED) is 0.808. The van der Waals surface area contributed by atoms with Crippen LogP contribution in [0.5, 0.6) is 0 Å². The first-order chi connectivity index (χ1) is 8.01. The zero-order chi connectivity index (χ0) is 13.0. The lowest BCUT2D eigenvalue weighted by Gasteiger charge is -2.14. The Morgan fingerprint density at radius 3 is 2.71 bits per heavy atom. The summed E-state index contributed by atoms with van der Waals surface area (Å²) in [5.41, 5.74) is 2.51. The van der Waals surface area contributed by atoms with Crippen LogP contribution in [0.4, 0.5) is 0 Å². The predicted molar refractivity (Wildman–Crippen MR) is 62.2 cm³/mol. The van der Waals surface area contributed by atoms with E-state index >= 15 is 0 Å². The number of hydrogen-bond donors (Lipinski definition) is 1. The fourth-order valence-electron chi connectivity index (χ4n) is 1.58. The van der Waals surface area contributed by atoms with Crippen LogP contribution in [0.2, 0.25) is 0 Å². The van der Waals surface area contributed by atoms with E-state index in [1.807, 2.05) is 13.0 Å². The van der Waals surface area contributed by atoms with Crippen molar-refractivity contribution >= 4 is 5.97 Å². The van der Waals surface area contributed by atoms with E-state index in [2.05, 4.69) is 0 Å². The van der Waals surface area contributed by atoms with Crippen LogP contribution in [0.25, 0.3) is 0 Å². The molecule has 0 aromatic heterocycles. The number of carbonyl (C=O) groups is 1. The minimum Gasteiger partial charge on any atom is -0.464 e. The molecule has 0 saturated heterocycles. The van der Waals surface area contributed by atoms with Crippen LogP contribution in [0.1, 0.15) is 35.3 Å². The Morgan fingerprint density at radius 2 is 2.18 bits per heavy atom. The van der Waals surface area contributed by atoms with E-state index < -0.39 is 12.1 Å². The fraction of sp³-hybridized carbons (Fsp3) is 0.385. The van der Waals surface area contributed by atoms with Gasteiger partial charge in [0.2, 0.25) is 0 Å². The third-order valence-electron chi connectivity index (χ3n) is 2.64. The van der Waals surface area contributed by atoms with Crippen molar-refractivity contribution in [2.24, 2.45) is 0 Å². The number of aliphatic hydroxyl groups excluding tert-OH is 1. The number of nitrogens with zero attached hydrogens (tertiary/aromatic N) is 1. The Hall–Kier alpha value is -1.86. The minimum atomic E-state index is -1.33. The van der Waals surface area contributed by atoms with E-state index in [0.29, 0.717) is 11.1 Å². The van der Waals surface area contributed by atoms with Crippen molar-refractivity contribution in [2.75, 3.05) is 6.61 Å². The molecule has 0 spiro atoms. The summed E-state index contributed by atoms with van der Waals surface area (Å²) in [4.78, 5) is 11.5. The highest BCUT2D eigenvalue weighted by atomic mass is 16.5. The molecular formula is C13H15NO3. The first-order valence-electron chi connectivity index (χ1n) is 5.37. The van der Waals surface area contributed by atoms with Crippen LogP contribution in [-0.4, -0.2) is 17.7 Å². The molecule has 0 aliphatic heterocycles. The molecule has 1 N–H and O–H groups in total. The van der Waals surface area contributed by atoms with Crippen LogP contribution in [0.3, 0.4) is 0 Å². The van der Waals surface area contributed by atoms with Gasteiger partial charge in [-0.25, -0.2) is 4.79 Å². The van der Waals surface area contributed by atoms with Crippen LogP contribution in [-0.2, 0) is 9.53 Å². The molecule has 0 fully saturated rings. The van der Waals surface area contributed by atoms with E-state index in [0.717, 1.165) is 11.1 Å². The maximum absolute atomic E-state index is 11.5. The standard InChI is InChI=1S/C13H15NO3/c1-4-17-13(16)12(15)11-6-10(7-14)5-8(2)9(11)3/h5-6,12,15H,4H2,1-3H3. The first kappa shape index (κ1) is 13.2. The molecule has 17 heavy (non-hydrogen) atoms. The topological polar surface area (TPSA) is 70.3 Å². The molecule has 1 atom stereocenters. The number of esters is 1. The van der Waals surface area contributed by atoms with Crippen molar-refractivity contribution in [2.45, 2.75) is 26.9 Å². The molecule has 1 unspecified atom stereocenters. The number of ether oxygens (including phenoxy) is 1. The monoisotopic (exact) mass is 233 g/mol. The summed E-state index contributed by atoms with van der Waals surface area (Å²) in [6.07, 6.45) is -1.33. The van der Waals surface area contributed by atoms with E-state index in [4.69, 9.17) is 10.00 Å². The lowest BCUT2D eigenvalue weighted by Crippen LogP contribution is -2.17. The number of carbonyl (C=O) groups excluding carboxylic acids is 1. The molecule has 0 amide bonds. The van der Waals surface area contributed by atoms with Gasteiger partial charge in [-0.05, 0) is 49.6 Å². The number of hydrogen-bond acceptors (Lipinski definition) is 4. The molecule has 0 heterocycles. The van der Waals surface area contributed by atoms with Crippen molar-refractivity contribution in [1.29, 1.82) is 5.26 Å². The largest absolute Gasteiger partial charge is 0.464 e. The normalized spacial score (nSPS) is 11.7. The van der Waals surface area contributed by atoms with Gasteiger partial charge in [0.05, 0.1) is 18.2 Å². The zero-order valence-electron chi connectivity index (χ0n) is 10.2. The van der Waals surface area contributed by atoms with Crippen molar-refractivity contribution < 1.29 is 14.6 Å². The number of rotatable bonds is 3. The molecule has 4 nitrogen and oxygen atoms in total. The highest BCUT2D eigenvalue weighted by Crippen LogP contribution is 2.23. The van der Waals surface area contributed by atoms with Gasteiger partial charge in [-0.2, -0.15) is 5.26 Å². The van der Waals surface area contributed by atoms with Crippen molar-refractivity contribution in [1.82, 2.24) is 0 Å². The maximum atomic E-state index is 11.5. The van der Waals surface area contributed by atoms with E-state index in [9.17, 15) is 9.90 Å². The van der Waals surface area contributed by atoms with Gasteiger partial charge < -0.3 is 9.84 Å². The number of nitriles is 1. The third-order valence-corrected chi connectivity index (χ3v) is 2.64. The molecule has 0 radical (unpaired) electrons. The molecule has 0 saturated carbocycles. The minimum absolute atomic E-state index is 0.214. The molecule has 4 heteroatoms. The molecule has 90 valence electrons. The van der Waals surface area contributed by atoms with Gasteiger partial charge in [-0.3, -0.25) is 0 Å². The maximum Gasteiger partial charge on any atom is 0.339 e. The Kier molecular flexibility index (Phi) is 4.24. The van der Waals surface area contributed by atoms with E-state index in [1.54, 1.807) is 19.9 Å². The molecule has 1 aromatic carbocycles. The van der Waals surface area contributed by atoms with E-state index in [-0.39, 0.29) is 6.61 Å². The van der Waals surface area contributed by atoms with Gasteiger partial charge in [0.15, 0.2) is 6.10 Å². The average Bonchev–Trinajstić information content (AvgIpc) is 2.31. The van der Waals surface area contributed by atoms with Crippen molar-refractivity contribution in [3.8, 4) is 6.07 Å².